The van der Waals surface area contributed by atoms with Gasteiger partial charge in [-0.3, -0.25) is 14.8 Å². The first kappa shape index (κ1) is 25.2. The molecule has 0 saturated carbocycles. The second-order valence-corrected chi connectivity index (χ2v) is 9.93. The lowest BCUT2D eigenvalue weighted by Crippen LogP contribution is -2.54. The van der Waals surface area contributed by atoms with Gasteiger partial charge in [0.1, 0.15) is 5.75 Å². The van der Waals surface area contributed by atoms with Crippen molar-refractivity contribution in [2.24, 2.45) is 0 Å². The summed E-state index contributed by atoms with van der Waals surface area (Å²) in [4.78, 5) is 24.4. The van der Waals surface area contributed by atoms with Crippen LogP contribution in [0.5, 0.6) is 5.75 Å². The Balaban J connectivity index is 1.54. The van der Waals surface area contributed by atoms with Crippen molar-refractivity contribution in [3.8, 4) is 11.8 Å². The molecule has 0 bridgehead atoms. The second-order valence-electron chi connectivity index (χ2n) is 7.67. The minimum Gasteiger partial charge on any atom is -0.494 e. The molecule has 0 spiro atoms. The topological polar surface area (TPSA) is 155 Å². The molecular formula is C23H25N3O7S. The van der Waals surface area contributed by atoms with E-state index in [1.54, 1.807) is 18.2 Å². The van der Waals surface area contributed by atoms with Crippen molar-refractivity contribution in [1.29, 1.82) is 5.26 Å². The molecule has 11 heteroatoms. The largest absolute Gasteiger partial charge is 0.494 e. The fourth-order valence-electron chi connectivity index (χ4n) is 3.66. The molecule has 10 nitrogen and oxygen atoms in total. The van der Waals surface area contributed by atoms with Crippen molar-refractivity contribution in [3.05, 3.63) is 59.7 Å². The molecule has 180 valence electrons. The highest BCUT2D eigenvalue weighted by Crippen LogP contribution is 2.35. The van der Waals surface area contributed by atoms with Crippen LogP contribution in [0.1, 0.15) is 35.2 Å². The first-order chi connectivity index (χ1) is 16.3. The number of nitriles is 1. The van der Waals surface area contributed by atoms with Crippen LogP contribution in [-0.4, -0.2) is 56.6 Å². The number of nitrogens with zero attached hydrogens (tertiary/aromatic N) is 1. The number of carbonyl (C=O) groups excluding carboxylic acids is 2. The minimum absolute atomic E-state index is 0.0581. The number of hydrogen-bond donors (Lipinski definition) is 3. The summed E-state index contributed by atoms with van der Waals surface area (Å²) in [5.74, 6) is -0.835. The third-order valence-corrected chi connectivity index (χ3v) is 8.11. The SMILES string of the molecule is N#Cc1cccc(C(=O)NCCCOc2ccc(S(=O)(=O)C3(C(=O)NO)CCOCC3)cc2)c1. The summed E-state index contributed by atoms with van der Waals surface area (Å²) in [6.45, 7) is 0.810. The van der Waals surface area contributed by atoms with Crippen molar-refractivity contribution in [3.63, 3.8) is 0 Å². The molecule has 2 amide bonds. The second kappa shape index (κ2) is 11.1. The van der Waals surface area contributed by atoms with E-state index >= 15 is 0 Å². The van der Waals surface area contributed by atoms with Crippen molar-refractivity contribution in [2.75, 3.05) is 26.4 Å². The first-order valence-electron chi connectivity index (χ1n) is 10.6. The number of hydroxylamine groups is 1. The Hall–Kier alpha value is -3.46. The van der Waals surface area contributed by atoms with Crippen LogP contribution in [0.2, 0.25) is 0 Å². The number of hydrogen-bond acceptors (Lipinski definition) is 8. The predicted molar refractivity (Wildman–Crippen MR) is 120 cm³/mol. The van der Waals surface area contributed by atoms with Gasteiger partial charge < -0.3 is 14.8 Å². The highest BCUT2D eigenvalue weighted by molar-refractivity contribution is 7.93. The predicted octanol–water partition coefficient (Wildman–Crippen LogP) is 1.59. The van der Waals surface area contributed by atoms with Crippen LogP contribution in [0.25, 0.3) is 0 Å². The maximum absolute atomic E-state index is 13.2. The Labute approximate surface area is 197 Å². The van der Waals surface area contributed by atoms with E-state index in [2.05, 4.69) is 5.32 Å². The maximum Gasteiger partial charge on any atom is 0.265 e. The van der Waals surface area contributed by atoms with Crippen LogP contribution in [0, 0.1) is 11.3 Å². The molecule has 1 saturated heterocycles. The van der Waals surface area contributed by atoms with Crippen LogP contribution in [0.15, 0.2) is 53.4 Å². The number of sulfone groups is 1. The van der Waals surface area contributed by atoms with Gasteiger partial charge in [0.25, 0.3) is 11.8 Å². The summed E-state index contributed by atoms with van der Waals surface area (Å²) >= 11 is 0. The highest BCUT2D eigenvalue weighted by atomic mass is 32.2. The van der Waals surface area contributed by atoms with Crippen LogP contribution >= 0.6 is 0 Å². The molecule has 34 heavy (non-hydrogen) atoms. The molecule has 0 unspecified atom stereocenters. The fraction of sp³-hybridized carbons (Fsp3) is 0.348. The zero-order valence-corrected chi connectivity index (χ0v) is 19.1. The van der Waals surface area contributed by atoms with Gasteiger partial charge in [0, 0.05) is 25.3 Å². The molecule has 0 aromatic heterocycles. The first-order valence-corrected chi connectivity index (χ1v) is 12.1. The average molecular weight is 488 g/mol. The van der Waals surface area contributed by atoms with Gasteiger partial charge in [-0.05, 0) is 61.7 Å². The zero-order chi connectivity index (χ0) is 24.6. The molecule has 2 aromatic carbocycles. The van der Waals surface area contributed by atoms with Gasteiger partial charge in [-0.15, -0.1) is 0 Å². The van der Waals surface area contributed by atoms with Gasteiger partial charge in [-0.1, -0.05) is 6.07 Å². The van der Waals surface area contributed by atoms with Gasteiger partial charge >= 0.3 is 0 Å². The van der Waals surface area contributed by atoms with Crippen LogP contribution < -0.4 is 15.5 Å². The monoisotopic (exact) mass is 487 g/mol. The normalized spacial score (nSPS) is 15.1. The van der Waals surface area contributed by atoms with Gasteiger partial charge in [0.2, 0.25) is 0 Å². The Morgan fingerprint density at radius 3 is 2.50 bits per heavy atom. The van der Waals surface area contributed by atoms with E-state index < -0.39 is 20.5 Å². The molecule has 0 radical (unpaired) electrons. The molecule has 3 rings (SSSR count). The van der Waals surface area contributed by atoms with Crippen LogP contribution in [0.3, 0.4) is 0 Å². The Morgan fingerprint density at radius 1 is 1.15 bits per heavy atom. The smallest absolute Gasteiger partial charge is 0.265 e. The molecule has 3 N–H and O–H groups in total. The number of carbonyl (C=O) groups is 2. The third-order valence-electron chi connectivity index (χ3n) is 5.59. The van der Waals surface area contributed by atoms with Crippen molar-refractivity contribution in [2.45, 2.75) is 28.9 Å². The number of rotatable bonds is 9. The Kier molecular flexibility index (Phi) is 8.22. The maximum atomic E-state index is 13.2. The van der Waals surface area contributed by atoms with E-state index in [0.29, 0.717) is 29.8 Å². The lowest BCUT2D eigenvalue weighted by Gasteiger charge is -2.34. The molecule has 0 atom stereocenters. The van der Waals surface area contributed by atoms with Crippen LogP contribution in [-0.2, 0) is 19.4 Å². The van der Waals surface area contributed by atoms with Gasteiger partial charge in [0.15, 0.2) is 14.6 Å². The molecule has 2 aromatic rings. The van der Waals surface area contributed by atoms with Gasteiger partial charge in [-0.25, -0.2) is 13.9 Å². The molecule has 1 fully saturated rings. The standard InChI is InChI=1S/C23H25N3O7S/c24-16-17-3-1-4-18(15-17)21(27)25-11-2-12-33-19-5-7-20(8-6-19)34(30,31)23(22(28)26-29)9-13-32-14-10-23/h1,3-8,15,29H,2,9-14H2,(H,25,27)(H,26,28). The van der Waals surface area contributed by atoms with E-state index in [4.69, 9.17) is 19.9 Å². The van der Waals surface area contributed by atoms with E-state index in [9.17, 15) is 18.0 Å². The van der Waals surface area contributed by atoms with Gasteiger partial charge in [0.05, 0.1) is 23.1 Å². The molecule has 1 heterocycles. The molecule has 0 aliphatic carbocycles. The quantitative estimate of drug-likeness (QED) is 0.274. The van der Waals surface area contributed by atoms with Crippen molar-refractivity contribution < 1.29 is 32.7 Å². The number of benzene rings is 2. The lowest BCUT2D eigenvalue weighted by atomic mass is 9.98. The highest BCUT2D eigenvalue weighted by Gasteiger charge is 2.52. The van der Waals surface area contributed by atoms with Crippen LogP contribution in [0.4, 0.5) is 0 Å². The van der Waals surface area contributed by atoms with E-state index in [1.807, 2.05) is 6.07 Å². The number of nitrogens with one attached hydrogen (secondary N) is 2. The molecule has 1 aliphatic heterocycles. The lowest BCUT2D eigenvalue weighted by molar-refractivity contribution is -0.134. The number of ether oxygens (including phenoxy) is 2. The molecular weight excluding hydrogens is 462 g/mol. The summed E-state index contributed by atoms with van der Waals surface area (Å²) in [6, 6.07) is 14.1. The minimum atomic E-state index is -4.10. The summed E-state index contributed by atoms with van der Waals surface area (Å²) < 4.78 is 35.4. The zero-order valence-electron chi connectivity index (χ0n) is 18.3. The Morgan fingerprint density at radius 2 is 1.85 bits per heavy atom. The number of amides is 2. The molecule has 1 aliphatic rings. The van der Waals surface area contributed by atoms with E-state index in [0.717, 1.165) is 0 Å². The summed E-state index contributed by atoms with van der Waals surface area (Å²) in [5.41, 5.74) is 2.29. The summed E-state index contributed by atoms with van der Waals surface area (Å²) in [6.07, 6.45) is 0.378. The van der Waals surface area contributed by atoms with Crippen molar-refractivity contribution >= 4 is 21.7 Å². The summed E-state index contributed by atoms with van der Waals surface area (Å²) in [5, 5.41) is 20.8. The average Bonchev–Trinajstić information content (AvgIpc) is 2.88. The van der Waals surface area contributed by atoms with Crippen molar-refractivity contribution in [1.82, 2.24) is 10.8 Å². The Bertz CT molecular complexity index is 1170. The van der Waals surface area contributed by atoms with Gasteiger partial charge in [-0.2, -0.15) is 5.26 Å². The van der Waals surface area contributed by atoms with E-state index in [-0.39, 0.29) is 43.5 Å². The van der Waals surface area contributed by atoms with E-state index in [1.165, 1.54) is 35.8 Å². The summed E-state index contributed by atoms with van der Waals surface area (Å²) in [7, 11) is -4.10. The third kappa shape index (κ3) is 5.36. The fourth-order valence-corrected chi connectivity index (χ4v) is 5.60.